The quantitative estimate of drug-likeness (QED) is 0.542. The molecule has 1 aromatic carbocycles. The molecule has 0 radical (unpaired) electrons. The van der Waals surface area contributed by atoms with E-state index in [1.165, 1.54) is 0 Å². The second-order valence-electron chi connectivity index (χ2n) is 7.41. The molecule has 2 N–H and O–H groups in total. The summed E-state index contributed by atoms with van der Waals surface area (Å²) in [7, 11) is 0. The first-order valence-corrected chi connectivity index (χ1v) is 10.6. The van der Waals surface area contributed by atoms with Crippen LogP contribution in [0.5, 0.6) is 5.75 Å². The van der Waals surface area contributed by atoms with Crippen molar-refractivity contribution in [1.29, 1.82) is 0 Å². The molecule has 1 atom stereocenters. The minimum absolute atomic E-state index is 0.0463. The topological polar surface area (TPSA) is 98.1 Å². The first kappa shape index (κ1) is 23.6. The maximum Gasteiger partial charge on any atom is 0.289 e. The van der Waals surface area contributed by atoms with Crippen LogP contribution in [-0.2, 0) is 4.79 Å². The van der Waals surface area contributed by atoms with E-state index in [9.17, 15) is 9.59 Å². The second-order valence-corrected chi connectivity index (χ2v) is 8.25. The molecule has 2 amide bonds. The van der Waals surface area contributed by atoms with Crippen LogP contribution in [0.25, 0.3) is 5.82 Å². The Bertz CT molecular complexity index is 1170. The molecule has 0 aliphatic carbocycles. The third kappa shape index (κ3) is 5.20. The van der Waals surface area contributed by atoms with Crippen molar-refractivity contribution in [2.75, 3.05) is 0 Å². The van der Waals surface area contributed by atoms with Crippen LogP contribution < -0.4 is 15.6 Å². The third-order valence-electron chi connectivity index (χ3n) is 4.66. The summed E-state index contributed by atoms with van der Waals surface area (Å²) in [5.41, 5.74) is 7.90. The van der Waals surface area contributed by atoms with Gasteiger partial charge in [-0.1, -0.05) is 23.2 Å². The Balaban J connectivity index is 1.68. The number of pyridine rings is 1. The minimum Gasteiger partial charge on any atom is -0.480 e. The number of aryl methyl sites for hydroxylation is 4. The number of carbonyl (C=O) groups excluding carboxylic acids is 2. The maximum atomic E-state index is 12.6. The number of hydrazine groups is 1. The fourth-order valence-electron chi connectivity index (χ4n) is 3.16. The number of nitrogens with zero attached hydrogens (tertiary/aromatic N) is 3. The fraction of sp³-hybridized carbons (Fsp3) is 0.273. The van der Waals surface area contributed by atoms with Crippen LogP contribution in [0.15, 0.2) is 30.3 Å². The van der Waals surface area contributed by atoms with Gasteiger partial charge in [0.25, 0.3) is 11.8 Å². The number of hydrogen-bond acceptors (Lipinski definition) is 5. The molecule has 2 heterocycles. The van der Waals surface area contributed by atoms with Crippen LogP contribution >= 0.6 is 23.2 Å². The molecular formula is C22H23Cl2N5O3. The Kier molecular flexibility index (Phi) is 7.06. The van der Waals surface area contributed by atoms with Gasteiger partial charge in [-0.25, -0.2) is 9.67 Å². The lowest BCUT2D eigenvalue weighted by Crippen LogP contribution is -2.47. The van der Waals surface area contributed by atoms with E-state index < -0.39 is 17.9 Å². The van der Waals surface area contributed by atoms with Crippen molar-refractivity contribution < 1.29 is 14.3 Å². The van der Waals surface area contributed by atoms with Crippen molar-refractivity contribution in [3.8, 4) is 11.6 Å². The van der Waals surface area contributed by atoms with Gasteiger partial charge in [-0.3, -0.25) is 20.4 Å². The molecule has 168 valence electrons. The van der Waals surface area contributed by atoms with E-state index >= 15 is 0 Å². The number of rotatable bonds is 5. The lowest BCUT2D eigenvalue weighted by Gasteiger charge is -2.18. The SMILES string of the molecule is Cc1cc(C)n(-c2ccc(Cl)c(C(=O)NNC(=O)C(C)Oc3c(C)cc(Cl)cc3C)n2)n1. The number of ether oxygens (including phenoxy) is 1. The largest absolute Gasteiger partial charge is 0.480 e. The van der Waals surface area contributed by atoms with Gasteiger partial charge in [0, 0.05) is 10.7 Å². The highest BCUT2D eigenvalue weighted by Gasteiger charge is 2.20. The Labute approximate surface area is 195 Å². The highest BCUT2D eigenvalue weighted by atomic mass is 35.5. The first-order valence-electron chi connectivity index (χ1n) is 9.80. The average molecular weight is 476 g/mol. The summed E-state index contributed by atoms with van der Waals surface area (Å²) in [6.45, 7) is 8.98. The minimum atomic E-state index is -0.877. The van der Waals surface area contributed by atoms with Gasteiger partial charge in [-0.2, -0.15) is 5.10 Å². The van der Waals surface area contributed by atoms with Crippen molar-refractivity contribution >= 4 is 35.0 Å². The van der Waals surface area contributed by atoms with E-state index in [0.717, 1.165) is 22.5 Å². The Hall–Kier alpha value is -3.10. The molecule has 0 spiro atoms. The molecule has 0 bridgehead atoms. The van der Waals surface area contributed by atoms with Gasteiger partial charge in [0.05, 0.1) is 10.7 Å². The van der Waals surface area contributed by atoms with Gasteiger partial charge in [0.2, 0.25) is 0 Å². The number of halogens is 2. The lowest BCUT2D eigenvalue weighted by molar-refractivity contribution is -0.128. The zero-order valence-electron chi connectivity index (χ0n) is 18.3. The summed E-state index contributed by atoms with van der Waals surface area (Å²) in [4.78, 5) is 29.4. The summed E-state index contributed by atoms with van der Waals surface area (Å²) in [6.07, 6.45) is -0.877. The average Bonchev–Trinajstić information content (AvgIpc) is 3.06. The van der Waals surface area contributed by atoms with Gasteiger partial charge in [-0.15, -0.1) is 0 Å². The second kappa shape index (κ2) is 9.58. The summed E-state index contributed by atoms with van der Waals surface area (Å²) < 4.78 is 7.38. The molecule has 3 rings (SSSR count). The van der Waals surface area contributed by atoms with Gasteiger partial charge in [0.1, 0.15) is 5.75 Å². The molecule has 3 aromatic rings. The molecule has 8 nitrogen and oxygen atoms in total. The number of benzene rings is 1. The van der Waals surface area contributed by atoms with Crippen molar-refractivity contribution in [2.24, 2.45) is 0 Å². The fourth-order valence-corrected chi connectivity index (χ4v) is 3.68. The van der Waals surface area contributed by atoms with E-state index in [1.807, 2.05) is 33.8 Å². The lowest BCUT2D eigenvalue weighted by atomic mass is 10.1. The van der Waals surface area contributed by atoms with E-state index in [1.54, 1.807) is 35.9 Å². The van der Waals surface area contributed by atoms with Crippen molar-refractivity contribution in [1.82, 2.24) is 25.6 Å². The van der Waals surface area contributed by atoms with E-state index in [4.69, 9.17) is 27.9 Å². The first-order chi connectivity index (χ1) is 15.1. The number of hydrogen-bond donors (Lipinski definition) is 2. The monoisotopic (exact) mass is 475 g/mol. The summed E-state index contributed by atoms with van der Waals surface area (Å²) in [5, 5.41) is 5.08. The maximum absolute atomic E-state index is 12.6. The van der Waals surface area contributed by atoms with Crippen LogP contribution in [-0.4, -0.2) is 32.7 Å². The highest BCUT2D eigenvalue weighted by molar-refractivity contribution is 6.33. The Morgan fingerprint density at radius 3 is 2.28 bits per heavy atom. The molecule has 10 heteroatoms. The van der Waals surface area contributed by atoms with Crippen LogP contribution in [0.4, 0.5) is 0 Å². The predicted octanol–water partition coefficient (Wildman–Crippen LogP) is 4.04. The predicted molar refractivity (Wildman–Crippen MR) is 122 cm³/mol. The molecule has 0 aliphatic heterocycles. The van der Waals surface area contributed by atoms with Crippen molar-refractivity contribution in [3.05, 3.63) is 68.6 Å². The normalized spacial score (nSPS) is 11.7. The number of carbonyl (C=O) groups is 2. The van der Waals surface area contributed by atoms with Crippen LogP contribution in [0, 0.1) is 27.7 Å². The number of nitrogens with one attached hydrogen (secondary N) is 2. The zero-order valence-corrected chi connectivity index (χ0v) is 19.8. The summed E-state index contributed by atoms with van der Waals surface area (Å²) in [5.74, 6) is -0.219. The van der Waals surface area contributed by atoms with Crippen molar-refractivity contribution in [2.45, 2.75) is 40.7 Å². The van der Waals surface area contributed by atoms with E-state index in [2.05, 4.69) is 20.9 Å². The van der Waals surface area contributed by atoms with Crippen LogP contribution in [0.2, 0.25) is 10.0 Å². The summed E-state index contributed by atoms with van der Waals surface area (Å²) in [6, 6.07) is 8.60. The standard InChI is InChI=1S/C22H23Cl2N5O3/c1-11-8-16(23)9-12(2)20(11)32-15(5)21(30)26-27-22(31)19-17(24)6-7-18(25-19)29-14(4)10-13(3)28-29/h6-10,15H,1-5H3,(H,26,30)(H,27,31). The number of amides is 2. The Morgan fingerprint density at radius 1 is 1.03 bits per heavy atom. The smallest absolute Gasteiger partial charge is 0.289 e. The van der Waals surface area contributed by atoms with Gasteiger partial charge < -0.3 is 4.74 Å². The van der Waals surface area contributed by atoms with Crippen LogP contribution in [0.1, 0.15) is 39.9 Å². The molecule has 0 saturated carbocycles. The molecule has 32 heavy (non-hydrogen) atoms. The molecule has 1 unspecified atom stereocenters. The van der Waals surface area contributed by atoms with Gasteiger partial charge >= 0.3 is 0 Å². The van der Waals surface area contributed by atoms with Crippen LogP contribution in [0.3, 0.4) is 0 Å². The van der Waals surface area contributed by atoms with Gasteiger partial charge in [-0.05, 0) is 76.1 Å². The molecule has 0 aliphatic rings. The van der Waals surface area contributed by atoms with Gasteiger partial charge in [0.15, 0.2) is 17.6 Å². The summed E-state index contributed by atoms with van der Waals surface area (Å²) >= 11 is 12.2. The van der Waals surface area contributed by atoms with Crippen molar-refractivity contribution in [3.63, 3.8) is 0 Å². The Morgan fingerprint density at radius 2 is 1.69 bits per heavy atom. The molecule has 0 fully saturated rings. The highest BCUT2D eigenvalue weighted by Crippen LogP contribution is 2.28. The molecule has 2 aromatic heterocycles. The molecule has 0 saturated heterocycles. The van der Waals surface area contributed by atoms with E-state index in [0.29, 0.717) is 16.6 Å². The van der Waals surface area contributed by atoms with E-state index in [-0.39, 0.29) is 10.7 Å². The third-order valence-corrected chi connectivity index (χ3v) is 5.18. The molecular weight excluding hydrogens is 453 g/mol. The zero-order chi connectivity index (χ0) is 23.6. The number of aromatic nitrogens is 3.